The summed E-state index contributed by atoms with van der Waals surface area (Å²) in [6.45, 7) is 0. The van der Waals surface area contributed by atoms with E-state index in [9.17, 15) is 14.9 Å². The van der Waals surface area contributed by atoms with Crippen molar-refractivity contribution in [3.05, 3.63) is 39.4 Å². The number of hydrazine groups is 1. The van der Waals surface area contributed by atoms with E-state index < -0.39 is 16.2 Å². The molecule has 1 amide bonds. The van der Waals surface area contributed by atoms with E-state index in [4.69, 9.17) is 17.4 Å². The Bertz CT molecular complexity index is 398. The van der Waals surface area contributed by atoms with Crippen LogP contribution in [0.5, 0.6) is 0 Å². The first kappa shape index (κ1) is 12.8. The highest BCUT2D eigenvalue weighted by molar-refractivity contribution is 8.00. The van der Waals surface area contributed by atoms with Gasteiger partial charge in [0.15, 0.2) is 0 Å². The predicted octanol–water partition coefficient (Wildman–Crippen LogP) is 1.02. The van der Waals surface area contributed by atoms with Gasteiger partial charge in [-0.15, -0.1) is 0 Å². The molecule has 6 nitrogen and oxygen atoms in total. The standard InChI is InChI=1S/C8H8ClN3O3S/c9-5-1-3-6(4-2-5)16-8(12(14)15)7(13)11-10/h1-4,8H,10H2,(H,11,13). The summed E-state index contributed by atoms with van der Waals surface area (Å²) in [5, 5.41) is 9.67. The minimum atomic E-state index is -1.47. The molecule has 8 heteroatoms. The number of nitrogens with one attached hydrogen (secondary N) is 1. The fourth-order valence-corrected chi connectivity index (χ4v) is 1.84. The van der Waals surface area contributed by atoms with E-state index in [1.54, 1.807) is 29.7 Å². The van der Waals surface area contributed by atoms with Gasteiger partial charge in [0.25, 0.3) is 0 Å². The van der Waals surface area contributed by atoms with Crippen molar-refractivity contribution < 1.29 is 9.72 Å². The van der Waals surface area contributed by atoms with Crippen molar-refractivity contribution >= 4 is 29.3 Å². The van der Waals surface area contributed by atoms with Crippen molar-refractivity contribution in [1.82, 2.24) is 5.43 Å². The van der Waals surface area contributed by atoms with Crippen LogP contribution in [0.25, 0.3) is 0 Å². The van der Waals surface area contributed by atoms with Crippen molar-refractivity contribution in [3.8, 4) is 0 Å². The molecule has 0 saturated carbocycles. The highest BCUT2D eigenvalue weighted by Crippen LogP contribution is 2.25. The number of nitro groups is 1. The van der Waals surface area contributed by atoms with Crippen LogP contribution in [0.1, 0.15) is 0 Å². The van der Waals surface area contributed by atoms with Crippen LogP contribution in [0, 0.1) is 10.1 Å². The number of halogens is 1. The van der Waals surface area contributed by atoms with Crippen LogP contribution in [0.15, 0.2) is 29.2 Å². The SMILES string of the molecule is NNC(=O)C(Sc1ccc(Cl)cc1)[N+](=O)[O-]. The Morgan fingerprint density at radius 2 is 2.06 bits per heavy atom. The lowest BCUT2D eigenvalue weighted by Crippen LogP contribution is -2.41. The van der Waals surface area contributed by atoms with Crippen LogP contribution < -0.4 is 11.3 Å². The zero-order chi connectivity index (χ0) is 12.1. The summed E-state index contributed by atoms with van der Waals surface area (Å²) in [7, 11) is 0. The summed E-state index contributed by atoms with van der Waals surface area (Å²) in [5.74, 6) is 3.99. The molecule has 1 unspecified atom stereocenters. The van der Waals surface area contributed by atoms with Crippen LogP contribution in [0.3, 0.4) is 0 Å². The van der Waals surface area contributed by atoms with E-state index in [0.29, 0.717) is 9.92 Å². The van der Waals surface area contributed by atoms with Crippen molar-refractivity contribution in [2.24, 2.45) is 5.84 Å². The Balaban J connectivity index is 2.80. The summed E-state index contributed by atoms with van der Waals surface area (Å²) in [4.78, 5) is 21.6. The maximum atomic E-state index is 11.1. The topological polar surface area (TPSA) is 98.3 Å². The molecule has 0 spiro atoms. The van der Waals surface area contributed by atoms with Crippen molar-refractivity contribution in [2.75, 3.05) is 0 Å². The van der Waals surface area contributed by atoms with Gasteiger partial charge in [0.1, 0.15) is 0 Å². The lowest BCUT2D eigenvalue weighted by Gasteiger charge is -2.06. The molecule has 0 aliphatic heterocycles. The lowest BCUT2D eigenvalue weighted by atomic mass is 10.4. The minimum absolute atomic E-state index is 0.519. The Labute approximate surface area is 100 Å². The summed E-state index contributed by atoms with van der Waals surface area (Å²) >= 11 is 6.45. The molecule has 0 saturated heterocycles. The van der Waals surface area contributed by atoms with Crippen molar-refractivity contribution in [1.29, 1.82) is 0 Å². The van der Waals surface area contributed by atoms with Gasteiger partial charge in [-0.05, 0) is 36.0 Å². The van der Waals surface area contributed by atoms with Gasteiger partial charge in [-0.2, -0.15) is 0 Å². The molecule has 1 aromatic rings. The molecule has 0 aliphatic rings. The van der Waals surface area contributed by atoms with Crippen LogP contribution >= 0.6 is 23.4 Å². The van der Waals surface area contributed by atoms with E-state index in [-0.39, 0.29) is 0 Å². The van der Waals surface area contributed by atoms with Crippen molar-refractivity contribution in [2.45, 2.75) is 10.3 Å². The van der Waals surface area contributed by atoms with E-state index in [1.807, 2.05) is 0 Å². The predicted molar refractivity (Wildman–Crippen MR) is 60.4 cm³/mol. The second kappa shape index (κ2) is 5.69. The Morgan fingerprint density at radius 3 is 2.50 bits per heavy atom. The number of rotatable bonds is 4. The molecule has 86 valence electrons. The fourth-order valence-electron chi connectivity index (χ4n) is 0.906. The molecular weight excluding hydrogens is 254 g/mol. The van der Waals surface area contributed by atoms with Gasteiger partial charge in [-0.25, -0.2) is 5.84 Å². The van der Waals surface area contributed by atoms with Crippen molar-refractivity contribution in [3.63, 3.8) is 0 Å². The highest BCUT2D eigenvalue weighted by atomic mass is 35.5. The van der Waals surface area contributed by atoms with E-state index in [0.717, 1.165) is 11.8 Å². The smallest absolute Gasteiger partial charge is 0.287 e. The van der Waals surface area contributed by atoms with Crippen LogP contribution in [0.4, 0.5) is 0 Å². The van der Waals surface area contributed by atoms with Gasteiger partial charge >= 0.3 is 11.3 Å². The lowest BCUT2D eigenvalue weighted by molar-refractivity contribution is -0.482. The molecular formula is C8H8ClN3O3S. The van der Waals surface area contributed by atoms with Gasteiger partial charge < -0.3 is 0 Å². The number of hydrogen-bond acceptors (Lipinski definition) is 5. The monoisotopic (exact) mass is 261 g/mol. The second-order valence-electron chi connectivity index (χ2n) is 2.72. The Morgan fingerprint density at radius 1 is 1.50 bits per heavy atom. The van der Waals surface area contributed by atoms with Gasteiger partial charge in [-0.1, -0.05) is 11.6 Å². The highest BCUT2D eigenvalue weighted by Gasteiger charge is 2.30. The number of carbonyl (C=O) groups excluding carboxylic acids is 1. The van der Waals surface area contributed by atoms with Crippen LogP contribution in [-0.2, 0) is 4.79 Å². The molecule has 0 aliphatic carbocycles. The van der Waals surface area contributed by atoms with Gasteiger partial charge in [0.2, 0.25) is 0 Å². The number of benzene rings is 1. The molecule has 1 aromatic carbocycles. The van der Waals surface area contributed by atoms with Crippen LogP contribution in [-0.4, -0.2) is 16.2 Å². The van der Waals surface area contributed by atoms with E-state index in [1.165, 1.54) is 0 Å². The molecule has 0 bridgehead atoms. The second-order valence-corrected chi connectivity index (χ2v) is 4.31. The molecule has 1 atom stereocenters. The zero-order valence-electron chi connectivity index (χ0n) is 7.92. The number of carbonyl (C=O) groups is 1. The first-order valence-corrected chi connectivity index (χ1v) is 5.36. The number of thioether (sulfide) groups is 1. The van der Waals surface area contributed by atoms with E-state index >= 15 is 0 Å². The Hall–Kier alpha value is -1.31. The average Bonchev–Trinajstić information content (AvgIpc) is 2.27. The first-order chi connectivity index (χ1) is 7.54. The third-order valence-corrected chi connectivity index (χ3v) is 3.03. The van der Waals surface area contributed by atoms with Gasteiger partial charge in [0.05, 0.1) is 0 Å². The Kier molecular flexibility index (Phi) is 4.53. The summed E-state index contributed by atoms with van der Waals surface area (Å²) in [6.07, 6.45) is 0. The maximum Gasteiger partial charge on any atom is 0.340 e. The van der Waals surface area contributed by atoms with Gasteiger partial charge in [0, 0.05) is 14.8 Å². The average molecular weight is 262 g/mol. The molecule has 0 fully saturated rings. The molecule has 0 aromatic heterocycles. The quantitative estimate of drug-likeness (QED) is 0.211. The number of nitrogens with two attached hydrogens (primary N) is 1. The summed E-state index contributed by atoms with van der Waals surface area (Å²) < 4.78 is 0. The third-order valence-electron chi connectivity index (χ3n) is 1.62. The number of nitrogens with zero attached hydrogens (tertiary/aromatic N) is 1. The third kappa shape index (κ3) is 3.37. The summed E-state index contributed by atoms with van der Waals surface area (Å²) in [5.41, 5.74) is 1.75. The molecule has 3 N–H and O–H groups in total. The molecule has 1 rings (SSSR count). The fraction of sp³-hybridized carbons (Fsp3) is 0.125. The molecule has 0 radical (unpaired) electrons. The van der Waals surface area contributed by atoms with E-state index in [2.05, 4.69) is 0 Å². The number of amides is 1. The normalized spacial score (nSPS) is 11.9. The first-order valence-electron chi connectivity index (χ1n) is 4.10. The zero-order valence-corrected chi connectivity index (χ0v) is 9.49. The minimum Gasteiger partial charge on any atom is -0.287 e. The number of hydrogen-bond donors (Lipinski definition) is 2. The van der Waals surface area contributed by atoms with Gasteiger partial charge in [-0.3, -0.25) is 20.3 Å². The van der Waals surface area contributed by atoms with Crippen LogP contribution in [0.2, 0.25) is 5.02 Å². The maximum absolute atomic E-state index is 11.1. The largest absolute Gasteiger partial charge is 0.340 e. The summed E-state index contributed by atoms with van der Waals surface area (Å²) in [6, 6.07) is 6.35. The molecule has 16 heavy (non-hydrogen) atoms. The molecule has 0 heterocycles.